The Bertz CT molecular complexity index is 333. The number of hydrogen-bond acceptors (Lipinski definition) is 3. The molecule has 102 valence electrons. The highest BCUT2D eigenvalue weighted by molar-refractivity contribution is 5.47. The molecule has 1 aromatic carbocycles. The molecule has 3 nitrogen and oxygen atoms in total. The number of para-hydroxylation sites is 1. The van der Waals surface area contributed by atoms with Gasteiger partial charge in [-0.1, -0.05) is 19.1 Å². The van der Waals surface area contributed by atoms with E-state index in [0.29, 0.717) is 25.4 Å². The molecule has 0 aliphatic carbocycles. The molecule has 0 aromatic heterocycles. The van der Waals surface area contributed by atoms with E-state index in [1.807, 2.05) is 11.0 Å². The quantitative estimate of drug-likeness (QED) is 0.688. The zero-order chi connectivity index (χ0) is 13.2. The van der Waals surface area contributed by atoms with Crippen LogP contribution in [0.5, 0.6) is 0 Å². The number of rotatable bonds is 9. The molecule has 0 unspecified atom stereocenters. The van der Waals surface area contributed by atoms with E-state index >= 15 is 0 Å². The number of benzene rings is 1. The predicted molar refractivity (Wildman–Crippen MR) is 73.4 cm³/mol. The van der Waals surface area contributed by atoms with Crippen LogP contribution in [0.3, 0.4) is 0 Å². The van der Waals surface area contributed by atoms with Gasteiger partial charge in [-0.15, -0.1) is 0 Å². The van der Waals surface area contributed by atoms with Gasteiger partial charge in [-0.2, -0.15) is 0 Å². The van der Waals surface area contributed by atoms with Gasteiger partial charge >= 0.3 is 0 Å². The molecule has 4 heteroatoms. The van der Waals surface area contributed by atoms with Gasteiger partial charge in [-0.3, -0.25) is 0 Å². The van der Waals surface area contributed by atoms with Gasteiger partial charge in [0, 0.05) is 19.7 Å². The van der Waals surface area contributed by atoms with Crippen molar-refractivity contribution in [3.63, 3.8) is 0 Å². The maximum Gasteiger partial charge on any atom is 0.146 e. The first kappa shape index (κ1) is 14.9. The van der Waals surface area contributed by atoms with E-state index in [4.69, 9.17) is 10.5 Å². The van der Waals surface area contributed by atoms with Gasteiger partial charge in [-0.05, 0) is 31.5 Å². The predicted octanol–water partition coefficient (Wildman–Crippen LogP) is 2.41. The number of hydrogen-bond donors (Lipinski definition) is 1. The summed E-state index contributed by atoms with van der Waals surface area (Å²) in [6.07, 6.45) is 1.85. The molecule has 0 heterocycles. The molecule has 0 aliphatic rings. The molecule has 0 saturated carbocycles. The summed E-state index contributed by atoms with van der Waals surface area (Å²) in [5.41, 5.74) is 6.15. The minimum atomic E-state index is -0.190. The van der Waals surface area contributed by atoms with E-state index in [9.17, 15) is 4.39 Å². The number of nitrogens with zero attached hydrogens (tertiary/aromatic N) is 1. The molecule has 0 bridgehead atoms. The van der Waals surface area contributed by atoms with Crippen LogP contribution in [0.1, 0.15) is 19.8 Å². The number of halogens is 1. The van der Waals surface area contributed by atoms with Crippen LogP contribution in [0.15, 0.2) is 24.3 Å². The Morgan fingerprint density at radius 2 is 2.00 bits per heavy atom. The van der Waals surface area contributed by atoms with Crippen LogP contribution in [-0.2, 0) is 4.74 Å². The second kappa shape index (κ2) is 8.89. The van der Waals surface area contributed by atoms with Gasteiger partial charge in [0.25, 0.3) is 0 Å². The third-order valence-electron chi connectivity index (χ3n) is 2.68. The molecule has 0 aliphatic heterocycles. The van der Waals surface area contributed by atoms with Crippen LogP contribution < -0.4 is 10.6 Å². The summed E-state index contributed by atoms with van der Waals surface area (Å²) >= 11 is 0. The van der Waals surface area contributed by atoms with Crippen molar-refractivity contribution in [3.05, 3.63) is 30.1 Å². The van der Waals surface area contributed by atoms with E-state index in [1.165, 1.54) is 6.07 Å². The van der Waals surface area contributed by atoms with Gasteiger partial charge in [-0.25, -0.2) is 4.39 Å². The van der Waals surface area contributed by atoms with E-state index < -0.39 is 0 Å². The van der Waals surface area contributed by atoms with E-state index in [2.05, 4.69) is 6.92 Å². The summed E-state index contributed by atoms with van der Waals surface area (Å²) in [4.78, 5) is 2.00. The molecule has 18 heavy (non-hydrogen) atoms. The Morgan fingerprint density at radius 1 is 1.22 bits per heavy atom. The zero-order valence-corrected chi connectivity index (χ0v) is 11.1. The molecule has 0 spiro atoms. The maximum atomic E-state index is 13.7. The van der Waals surface area contributed by atoms with Crippen molar-refractivity contribution in [1.82, 2.24) is 0 Å². The molecule has 1 rings (SSSR count). The van der Waals surface area contributed by atoms with Crippen molar-refractivity contribution in [2.75, 3.05) is 37.7 Å². The summed E-state index contributed by atoms with van der Waals surface area (Å²) in [6, 6.07) is 6.83. The van der Waals surface area contributed by atoms with Crippen molar-refractivity contribution in [2.45, 2.75) is 19.8 Å². The second-order valence-corrected chi connectivity index (χ2v) is 4.19. The highest BCUT2D eigenvalue weighted by Crippen LogP contribution is 2.18. The Hall–Kier alpha value is -1.13. The molecule has 2 N–H and O–H groups in total. The van der Waals surface area contributed by atoms with Crippen LogP contribution in [-0.4, -0.2) is 32.8 Å². The van der Waals surface area contributed by atoms with Gasteiger partial charge in [0.05, 0.1) is 12.3 Å². The summed E-state index contributed by atoms with van der Waals surface area (Å²) in [7, 11) is 0. The van der Waals surface area contributed by atoms with Crippen molar-refractivity contribution in [1.29, 1.82) is 0 Å². The van der Waals surface area contributed by atoms with E-state index in [-0.39, 0.29) is 5.82 Å². The lowest BCUT2D eigenvalue weighted by atomic mass is 10.2. The average molecular weight is 254 g/mol. The van der Waals surface area contributed by atoms with Crippen LogP contribution in [0.2, 0.25) is 0 Å². The summed E-state index contributed by atoms with van der Waals surface area (Å²) in [5.74, 6) is -0.190. The zero-order valence-electron chi connectivity index (χ0n) is 11.1. The summed E-state index contributed by atoms with van der Waals surface area (Å²) < 4.78 is 19.2. The number of nitrogens with two attached hydrogens (primary N) is 1. The van der Waals surface area contributed by atoms with Crippen molar-refractivity contribution < 1.29 is 9.13 Å². The number of ether oxygens (including phenoxy) is 1. The first-order valence-electron chi connectivity index (χ1n) is 6.57. The lowest BCUT2D eigenvalue weighted by Gasteiger charge is -2.25. The van der Waals surface area contributed by atoms with Crippen LogP contribution >= 0.6 is 0 Å². The molecule has 0 atom stereocenters. The molecular formula is C14H23FN2O. The largest absolute Gasteiger partial charge is 0.380 e. The van der Waals surface area contributed by atoms with Gasteiger partial charge in [0.15, 0.2) is 0 Å². The normalized spacial score (nSPS) is 10.6. The topological polar surface area (TPSA) is 38.5 Å². The lowest BCUT2D eigenvalue weighted by Crippen LogP contribution is -2.30. The molecule has 0 fully saturated rings. The third-order valence-corrected chi connectivity index (χ3v) is 2.68. The van der Waals surface area contributed by atoms with Crippen molar-refractivity contribution in [3.8, 4) is 0 Å². The lowest BCUT2D eigenvalue weighted by molar-refractivity contribution is 0.140. The molecule has 0 saturated heterocycles. The molecule has 0 amide bonds. The Morgan fingerprint density at radius 3 is 2.67 bits per heavy atom. The standard InChI is InChI=1S/C14H23FN2O/c1-2-11-18-12-10-17(9-5-8-16)14-7-4-3-6-13(14)15/h3-4,6-7H,2,5,8-12,16H2,1H3. The Labute approximate surface area is 109 Å². The maximum absolute atomic E-state index is 13.7. The monoisotopic (exact) mass is 254 g/mol. The Balaban J connectivity index is 2.57. The van der Waals surface area contributed by atoms with Crippen LogP contribution in [0, 0.1) is 5.82 Å². The van der Waals surface area contributed by atoms with Crippen molar-refractivity contribution in [2.24, 2.45) is 5.73 Å². The van der Waals surface area contributed by atoms with Crippen LogP contribution in [0.4, 0.5) is 10.1 Å². The van der Waals surface area contributed by atoms with Gasteiger partial charge in [0.2, 0.25) is 0 Å². The first-order chi connectivity index (χ1) is 8.79. The van der Waals surface area contributed by atoms with E-state index in [0.717, 1.165) is 26.0 Å². The number of anilines is 1. The molecule has 0 radical (unpaired) electrons. The van der Waals surface area contributed by atoms with E-state index in [1.54, 1.807) is 12.1 Å². The molecule has 1 aromatic rings. The minimum Gasteiger partial charge on any atom is -0.380 e. The SMILES string of the molecule is CCCOCCN(CCCN)c1ccccc1F. The highest BCUT2D eigenvalue weighted by atomic mass is 19.1. The third kappa shape index (κ3) is 5.02. The Kier molecular flexibility index (Phi) is 7.37. The fourth-order valence-corrected chi connectivity index (χ4v) is 1.76. The average Bonchev–Trinajstić information content (AvgIpc) is 2.39. The fraction of sp³-hybridized carbons (Fsp3) is 0.571. The van der Waals surface area contributed by atoms with Crippen molar-refractivity contribution >= 4 is 5.69 Å². The van der Waals surface area contributed by atoms with Crippen LogP contribution in [0.25, 0.3) is 0 Å². The van der Waals surface area contributed by atoms with Gasteiger partial charge in [0.1, 0.15) is 5.82 Å². The minimum absolute atomic E-state index is 0.190. The highest BCUT2D eigenvalue weighted by Gasteiger charge is 2.10. The smallest absolute Gasteiger partial charge is 0.146 e. The summed E-state index contributed by atoms with van der Waals surface area (Å²) in [5, 5.41) is 0. The second-order valence-electron chi connectivity index (χ2n) is 4.19. The molecular weight excluding hydrogens is 231 g/mol. The van der Waals surface area contributed by atoms with Gasteiger partial charge < -0.3 is 15.4 Å². The fourth-order valence-electron chi connectivity index (χ4n) is 1.76. The summed E-state index contributed by atoms with van der Waals surface area (Å²) in [6.45, 7) is 5.51. The first-order valence-corrected chi connectivity index (χ1v) is 6.57.